The van der Waals surface area contributed by atoms with Crippen molar-refractivity contribution in [2.75, 3.05) is 6.54 Å². The van der Waals surface area contributed by atoms with E-state index in [0.717, 1.165) is 12.5 Å². The second-order valence-electron chi connectivity index (χ2n) is 4.21. The highest BCUT2D eigenvalue weighted by Gasteiger charge is 2.02. The van der Waals surface area contributed by atoms with Crippen LogP contribution in [0.1, 0.15) is 33.6 Å². The fourth-order valence-corrected chi connectivity index (χ4v) is 1.46. The Morgan fingerprint density at radius 2 is 2.31 bits per heavy atom. The number of nitrogens with one attached hydrogen (secondary N) is 1. The predicted octanol–water partition coefficient (Wildman–Crippen LogP) is 2.90. The molecular formula is C12H21N. The van der Waals surface area contributed by atoms with Gasteiger partial charge in [-0.3, -0.25) is 0 Å². The molecule has 1 heteroatoms. The van der Waals surface area contributed by atoms with Crippen LogP contribution in [0.4, 0.5) is 0 Å². The van der Waals surface area contributed by atoms with Crippen molar-refractivity contribution >= 4 is 0 Å². The van der Waals surface area contributed by atoms with E-state index in [1.165, 1.54) is 18.4 Å². The molecule has 0 amide bonds. The monoisotopic (exact) mass is 179 g/mol. The number of hydrogen-bond donors (Lipinski definition) is 1. The van der Waals surface area contributed by atoms with Crippen molar-refractivity contribution in [3.8, 4) is 0 Å². The number of allylic oxidation sites excluding steroid dienone is 3. The highest BCUT2D eigenvalue weighted by atomic mass is 14.9. The maximum atomic E-state index is 3.43. The van der Waals surface area contributed by atoms with Crippen LogP contribution in [0.2, 0.25) is 0 Å². The van der Waals surface area contributed by atoms with Crippen molar-refractivity contribution in [2.45, 2.75) is 39.7 Å². The van der Waals surface area contributed by atoms with Crippen LogP contribution in [0.15, 0.2) is 23.8 Å². The first-order chi connectivity index (χ1) is 6.18. The van der Waals surface area contributed by atoms with Crippen molar-refractivity contribution in [2.24, 2.45) is 5.92 Å². The van der Waals surface area contributed by atoms with Gasteiger partial charge in [0.15, 0.2) is 0 Å². The summed E-state index contributed by atoms with van der Waals surface area (Å²) >= 11 is 0. The van der Waals surface area contributed by atoms with Gasteiger partial charge in [0, 0.05) is 6.04 Å². The molecular weight excluding hydrogens is 158 g/mol. The summed E-state index contributed by atoms with van der Waals surface area (Å²) in [6.45, 7) is 7.73. The first-order valence-corrected chi connectivity index (χ1v) is 5.29. The second kappa shape index (κ2) is 5.23. The lowest BCUT2D eigenvalue weighted by atomic mass is 9.97. The maximum Gasteiger partial charge on any atom is 0.00105 e. The highest BCUT2D eigenvalue weighted by molar-refractivity contribution is 5.23. The number of rotatable bonds is 4. The summed E-state index contributed by atoms with van der Waals surface area (Å²) in [5.74, 6) is 0.738. The van der Waals surface area contributed by atoms with Crippen molar-refractivity contribution in [3.05, 3.63) is 23.8 Å². The molecule has 0 aromatic rings. The van der Waals surface area contributed by atoms with Gasteiger partial charge in [-0.05, 0) is 25.3 Å². The Kier molecular flexibility index (Phi) is 4.23. The molecule has 1 aliphatic rings. The van der Waals surface area contributed by atoms with Crippen molar-refractivity contribution in [3.63, 3.8) is 0 Å². The Bertz CT molecular complexity index is 201. The Morgan fingerprint density at radius 3 is 2.85 bits per heavy atom. The quantitative estimate of drug-likeness (QED) is 0.699. The molecule has 13 heavy (non-hydrogen) atoms. The van der Waals surface area contributed by atoms with E-state index in [-0.39, 0.29) is 0 Å². The molecule has 1 nitrogen and oxygen atoms in total. The molecule has 0 saturated carbocycles. The summed E-state index contributed by atoms with van der Waals surface area (Å²) < 4.78 is 0. The van der Waals surface area contributed by atoms with E-state index < -0.39 is 0 Å². The fraction of sp³-hybridized carbons (Fsp3) is 0.667. The summed E-state index contributed by atoms with van der Waals surface area (Å²) in [5, 5.41) is 3.43. The normalized spacial score (nSPS) is 22.2. The van der Waals surface area contributed by atoms with Crippen LogP contribution >= 0.6 is 0 Å². The molecule has 0 spiro atoms. The molecule has 0 saturated heterocycles. The van der Waals surface area contributed by atoms with Gasteiger partial charge in [0.25, 0.3) is 0 Å². The lowest BCUT2D eigenvalue weighted by Gasteiger charge is -2.13. The standard InChI is InChI=1S/C12H21N/c1-10(2)13-9-8-12-6-4-11(3)5-7-12/h4,6-7,10-11,13H,5,8-9H2,1-3H3. The lowest BCUT2D eigenvalue weighted by molar-refractivity contribution is 0.588. The molecule has 0 heterocycles. The third-order valence-corrected chi connectivity index (χ3v) is 2.36. The summed E-state index contributed by atoms with van der Waals surface area (Å²) in [5.41, 5.74) is 1.49. The van der Waals surface area contributed by atoms with Gasteiger partial charge < -0.3 is 5.32 Å². The van der Waals surface area contributed by atoms with Gasteiger partial charge in [-0.25, -0.2) is 0 Å². The van der Waals surface area contributed by atoms with E-state index in [0.29, 0.717) is 6.04 Å². The van der Waals surface area contributed by atoms with Crippen LogP contribution in [-0.2, 0) is 0 Å². The first kappa shape index (κ1) is 10.5. The molecule has 1 N–H and O–H groups in total. The predicted molar refractivity (Wildman–Crippen MR) is 58.8 cm³/mol. The molecule has 1 aliphatic carbocycles. The first-order valence-electron chi connectivity index (χ1n) is 5.29. The Hall–Kier alpha value is -0.560. The van der Waals surface area contributed by atoms with Crippen molar-refractivity contribution < 1.29 is 0 Å². The third-order valence-electron chi connectivity index (χ3n) is 2.36. The Balaban J connectivity index is 2.19. The maximum absolute atomic E-state index is 3.43. The zero-order chi connectivity index (χ0) is 9.68. The zero-order valence-electron chi connectivity index (χ0n) is 9.01. The second-order valence-corrected chi connectivity index (χ2v) is 4.21. The molecule has 0 radical (unpaired) electrons. The Morgan fingerprint density at radius 1 is 1.54 bits per heavy atom. The van der Waals surface area contributed by atoms with Crippen LogP contribution in [0.5, 0.6) is 0 Å². The SMILES string of the molecule is CC1C=CC(CCNC(C)C)=CC1. The number of hydrogen-bond acceptors (Lipinski definition) is 1. The highest BCUT2D eigenvalue weighted by Crippen LogP contribution is 2.17. The van der Waals surface area contributed by atoms with Gasteiger partial charge in [0.05, 0.1) is 0 Å². The largest absolute Gasteiger partial charge is 0.314 e. The van der Waals surface area contributed by atoms with Crippen LogP contribution in [-0.4, -0.2) is 12.6 Å². The van der Waals surface area contributed by atoms with E-state index in [1.54, 1.807) is 0 Å². The van der Waals surface area contributed by atoms with Crippen LogP contribution in [0.3, 0.4) is 0 Å². The average Bonchev–Trinajstić information content (AvgIpc) is 2.08. The molecule has 0 aromatic carbocycles. The van der Waals surface area contributed by atoms with Gasteiger partial charge in [0.2, 0.25) is 0 Å². The topological polar surface area (TPSA) is 12.0 Å². The van der Waals surface area contributed by atoms with Crippen molar-refractivity contribution in [1.29, 1.82) is 0 Å². The van der Waals surface area contributed by atoms with Gasteiger partial charge in [-0.15, -0.1) is 0 Å². The summed E-state index contributed by atoms with van der Waals surface area (Å²) in [6, 6.07) is 0.604. The molecule has 1 rings (SSSR count). The van der Waals surface area contributed by atoms with Gasteiger partial charge >= 0.3 is 0 Å². The minimum Gasteiger partial charge on any atom is -0.314 e. The van der Waals surface area contributed by atoms with E-state index in [2.05, 4.69) is 44.3 Å². The van der Waals surface area contributed by atoms with E-state index >= 15 is 0 Å². The van der Waals surface area contributed by atoms with E-state index in [4.69, 9.17) is 0 Å². The molecule has 1 atom stereocenters. The minimum atomic E-state index is 0.604. The van der Waals surface area contributed by atoms with Crippen LogP contribution in [0, 0.1) is 5.92 Å². The minimum absolute atomic E-state index is 0.604. The zero-order valence-corrected chi connectivity index (χ0v) is 9.01. The van der Waals surface area contributed by atoms with E-state index in [9.17, 15) is 0 Å². The van der Waals surface area contributed by atoms with Crippen LogP contribution < -0.4 is 5.32 Å². The molecule has 0 bridgehead atoms. The van der Waals surface area contributed by atoms with Gasteiger partial charge in [0.1, 0.15) is 0 Å². The molecule has 74 valence electrons. The van der Waals surface area contributed by atoms with Gasteiger partial charge in [-0.1, -0.05) is 44.6 Å². The smallest absolute Gasteiger partial charge is 0.00105 e. The van der Waals surface area contributed by atoms with E-state index in [1.807, 2.05) is 0 Å². The lowest BCUT2D eigenvalue weighted by Crippen LogP contribution is -2.23. The van der Waals surface area contributed by atoms with Gasteiger partial charge in [-0.2, -0.15) is 0 Å². The fourth-order valence-electron chi connectivity index (χ4n) is 1.46. The third kappa shape index (κ3) is 4.28. The molecule has 0 aromatic heterocycles. The van der Waals surface area contributed by atoms with Crippen molar-refractivity contribution in [1.82, 2.24) is 5.32 Å². The molecule has 0 aliphatic heterocycles. The Labute approximate surface area is 81.9 Å². The molecule has 1 unspecified atom stereocenters. The molecule has 0 fully saturated rings. The summed E-state index contributed by atoms with van der Waals surface area (Å²) in [7, 11) is 0. The summed E-state index contributed by atoms with van der Waals surface area (Å²) in [4.78, 5) is 0. The summed E-state index contributed by atoms with van der Waals surface area (Å²) in [6.07, 6.45) is 9.34. The van der Waals surface area contributed by atoms with Crippen LogP contribution in [0.25, 0.3) is 0 Å². The average molecular weight is 179 g/mol.